The normalized spacial score (nSPS) is 27.2. The van der Waals surface area contributed by atoms with Crippen molar-refractivity contribution in [3.05, 3.63) is 34.3 Å². The van der Waals surface area contributed by atoms with Crippen molar-refractivity contribution in [1.29, 1.82) is 0 Å². The second kappa shape index (κ2) is 7.77. The second-order valence-electron chi connectivity index (χ2n) is 7.38. The summed E-state index contributed by atoms with van der Waals surface area (Å²) in [5.41, 5.74) is -0.185. The van der Waals surface area contributed by atoms with Crippen LogP contribution in [0.4, 0.5) is 13.2 Å². The first-order valence-electron chi connectivity index (χ1n) is 9.06. The van der Waals surface area contributed by atoms with Gasteiger partial charge in [-0.3, -0.25) is 4.79 Å². The monoisotopic (exact) mass is 389 g/mol. The molecule has 1 saturated heterocycles. The first-order chi connectivity index (χ1) is 12.3. The standard InChI is InChI=1S/C19H23ClF3NO2/c20-17-10-15(19(21,22)23)4-3-13(17)9-14-7-8-24(18(14)26)16-5-1-12(11-25)2-6-16/h3-4,10,12,14,16,25H,1-2,5-9,11H2. The Morgan fingerprint density at radius 2 is 1.85 bits per heavy atom. The lowest BCUT2D eigenvalue weighted by molar-refractivity contribution is -0.137. The first kappa shape index (κ1) is 19.5. The van der Waals surface area contributed by atoms with E-state index in [0.29, 0.717) is 30.9 Å². The van der Waals surface area contributed by atoms with Crippen LogP contribution >= 0.6 is 11.6 Å². The van der Waals surface area contributed by atoms with Crippen LogP contribution in [0.5, 0.6) is 0 Å². The summed E-state index contributed by atoms with van der Waals surface area (Å²) in [4.78, 5) is 14.7. The summed E-state index contributed by atoms with van der Waals surface area (Å²) in [6.07, 6.45) is 0.333. The minimum absolute atomic E-state index is 0.0644. The van der Waals surface area contributed by atoms with E-state index in [0.717, 1.165) is 37.8 Å². The van der Waals surface area contributed by atoms with Crippen LogP contribution in [0.25, 0.3) is 0 Å². The van der Waals surface area contributed by atoms with E-state index < -0.39 is 11.7 Å². The van der Waals surface area contributed by atoms with Crippen molar-refractivity contribution in [2.45, 2.75) is 50.7 Å². The van der Waals surface area contributed by atoms with Gasteiger partial charge in [0.1, 0.15) is 0 Å². The van der Waals surface area contributed by atoms with Crippen molar-refractivity contribution in [2.75, 3.05) is 13.2 Å². The van der Waals surface area contributed by atoms with Crippen molar-refractivity contribution in [3.63, 3.8) is 0 Å². The maximum Gasteiger partial charge on any atom is 0.416 e. The molecule has 7 heteroatoms. The predicted octanol–water partition coefficient (Wildman–Crippen LogP) is 4.30. The molecule has 3 rings (SSSR count). The molecule has 0 spiro atoms. The number of rotatable bonds is 4. The molecule has 2 fully saturated rings. The molecule has 1 amide bonds. The molecule has 1 aromatic carbocycles. The summed E-state index contributed by atoms with van der Waals surface area (Å²) >= 11 is 6.03. The van der Waals surface area contributed by atoms with E-state index in [1.165, 1.54) is 6.07 Å². The first-order valence-corrected chi connectivity index (χ1v) is 9.44. The molecule has 0 aromatic heterocycles. The molecule has 2 aliphatic rings. The molecular weight excluding hydrogens is 367 g/mol. The Morgan fingerprint density at radius 3 is 2.42 bits per heavy atom. The number of benzene rings is 1. The third kappa shape index (κ3) is 4.17. The van der Waals surface area contributed by atoms with Crippen LogP contribution in [-0.2, 0) is 17.4 Å². The smallest absolute Gasteiger partial charge is 0.396 e. The summed E-state index contributed by atoms with van der Waals surface area (Å²) < 4.78 is 38.2. The summed E-state index contributed by atoms with van der Waals surface area (Å²) in [7, 11) is 0. The Labute approximate surface area is 156 Å². The van der Waals surface area contributed by atoms with Gasteiger partial charge in [0, 0.05) is 30.1 Å². The van der Waals surface area contributed by atoms with Crippen LogP contribution in [0.1, 0.15) is 43.2 Å². The Morgan fingerprint density at radius 1 is 1.15 bits per heavy atom. The number of nitrogens with zero attached hydrogens (tertiary/aromatic N) is 1. The quantitative estimate of drug-likeness (QED) is 0.834. The van der Waals surface area contributed by atoms with E-state index in [1.54, 1.807) is 0 Å². The molecule has 1 aromatic rings. The van der Waals surface area contributed by atoms with E-state index >= 15 is 0 Å². The van der Waals surface area contributed by atoms with Crippen LogP contribution < -0.4 is 0 Å². The fourth-order valence-corrected chi connectivity index (χ4v) is 4.37. The molecule has 144 valence electrons. The van der Waals surface area contributed by atoms with Crippen molar-refractivity contribution in [1.82, 2.24) is 4.90 Å². The molecule has 1 unspecified atom stereocenters. The molecule has 0 radical (unpaired) electrons. The molecular formula is C19H23ClF3NO2. The van der Waals surface area contributed by atoms with Gasteiger partial charge in [-0.15, -0.1) is 0 Å². The number of aliphatic hydroxyl groups excluding tert-OH is 1. The van der Waals surface area contributed by atoms with Crippen LogP contribution in [0.3, 0.4) is 0 Å². The van der Waals surface area contributed by atoms with Crippen molar-refractivity contribution < 1.29 is 23.1 Å². The number of likely N-dealkylation sites (tertiary alicyclic amines) is 1. The summed E-state index contributed by atoms with van der Waals surface area (Å²) in [6, 6.07) is 3.56. The topological polar surface area (TPSA) is 40.5 Å². The van der Waals surface area contributed by atoms with E-state index in [4.69, 9.17) is 11.6 Å². The van der Waals surface area contributed by atoms with E-state index in [2.05, 4.69) is 0 Å². The molecule has 1 saturated carbocycles. The average Bonchev–Trinajstić information content (AvgIpc) is 2.96. The zero-order chi connectivity index (χ0) is 18.9. The van der Waals surface area contributed by atoms with Gasteiger partial charge in [-0.1, -0.05) is 17.7 Å². The molecule has 1 N–H and O–H groups in total. The van der Waals surface area contributed by atoms with Gasteiger partial charge >= 0.3 is 6.18 Å². The van der Waals surface area contributed by atoms with Gasteiger partial charge in [0.15, 0.2) is 0 Å². The fourth-order valence-electron chi connectivity index (χ4n) is 4.11. The third-order valence-electron chi connectivity index (χ3n) is 5.71. The zero-order valence-electron chi connectivity index (χ0n) is 14.4. The summed E-state index contributed by atoms with van der Waals surface area (Å²) in [6.45, 7) is 0.895. The number of carbonyl (C=O) groups is 1. The number of alkyl halides is 3. The van der Waals surface area contributed by atoms with Crippen LogP contribution in [0.2, 0.25) is 5.02 Å². The summed E-state index contributed by atoms with van der Waals surface area (Å²) in [5, 5.41) is 9.30. The molecule has 1 atom stereocenters. The Balaban J connectivity index is 1.62. The summed E-state index contributed by atoms with van der Waals surface area (Å²) in [5.74, 6) is 0.193. The molecule has 3 nitrogen and oxygen atoms in total. The van der Waals surface area contributed by atoms with Gasteiger partial charge in [-0.2, -0.15) is 13.2 Å². The van der Waals surface area contributed by atoms with Crippen molar-refractivity contribution in [2.24, 2.45) is 11.8 Å². The van der Waals surface area contributed by atoms with Crippen LogP contribution in [0.15, 0.2) is 18.2 Å². The van der Waals surface area contributed by atoms with Gasteiger partial charge < -0.3 is 10.0 Å². The highest BCUT2D eigenvalue weighted by Gasteiger charge is 2.38. The number of aliphatic hydroxyl groups is 1. The number of hydrogen-bond donors (Lipinski definition) is 1. The maximum absolute atomic E-state index is 12.8. The Hall–Kier alpha value is -1.27. The van der Waals surface area contributed by atoms with Crippen LogP contribution in [0, 0.1) is 11.8 Å². The highest BCUT2D eigenvalue weighted by molar-refractivity contribution is 6.31. The Bertz CT molecular complexity index is 657. The second-order valence-corrected chi connectivity index (χ2v) is 7.79. The molecule has 1 heterocycles. The van der Waals surface area contributed by atoms with Gasteiger partial charge in [0.05, 0.1) is 5.56 Å². The lowest BCUT2D eigenvalue weighted by Crippen LogP contribution is -2.40. The number of halogens is 4. The minimum atomic E-state index is -4.42. The van der Waals surface area contributed by atoms with E-state index in [1.807, 2.05) is 4.90 Å². The number of carbonyl (C=O) groups excluding carboxylic acids is 1. The van der Waals surface area contributed by atoms with E-state index in [-0.39, 0.29) is 29.5 Å². The lowest BCUT2D eigenvalue weighted by atomic mass is 9.86. The molecule has 1 aliphatic carbocycles. The number of amides is 1. The van der Waals surface area contributed by atoms with E-state index in [9.17, 15) is 23.1 Å². The van der Waals surface area contributed by atoms with Gasteiger partial charge in [0.2, 0.25) is 5.91 Å². The fraction of sp³-hybridized carbons (Fsp3) is 0.632. The van der Waals surface area contributed by atoms with Gasteiger partial charge in [0.25, 0.3) is 0 Å². The highest BCUT2D eigenvalue weighted by Crippen LogP contribution is 2.35. The molecule has 0 bridgehead atoms. The average molecular weight is 390 g/mol. The largest absolute Gasteiger partial charge is 0.416 e. The molecule has 26 heavy (non-hydrogen) atoms. The predicted molar refractivity (Wildman–Crippen MR) is 92.8 cm³/mol. The third-order valence-corrected chi connectivity index (χ3v) is 6.06. The lowest BCUT2D eigenvalue weighted by Gasteiger charge is -2.34. The maximum atomic E-state index is 12.8. The minimum Gasteiger partial charge on any atom is -0.396 e. The number of hydrogen-bond acceptors (Lipinski definition) is 2. The molecule has 1 aliphatic heterocycles. The Kier molecular flexibility index (Phi) is 5.82. The zero-order valence-corrected chi connectivity index (χ0v) is 15.2. The highest BCUT2D eigenvalue weighted by atomic mass is 35.5. The van der Waals surface area contributed by atoms with Crippen molar-refractivity contribution in [3.8, 4) is 0 Å². The SMILES string of the molecule is O=C1C(Cc2ccc(C(F)(F)F)cc2Cl)CCN1C1CCC(CO)CC1. The van der Waals surface area contributed by atoms with Gasteiger partial charge in [-0.05, 0) is 62.1 Å². The van der Waals surface area contributed by atoms with Gasteiger partial charge in [-0.25, -0.2) is 0 Å². The van der Waals surface area contributed by atoms with Crippen molar-refractivity contribution >= 4 is 17.5 Å². The van der Waals surface area contributed by atoms with Crippen LogP contribution in [-0.4, -0.2) is 35.1 Å².